The summed E-state index contributed by atoms with van der Waals surface area (Å²) >= 11 is 0. The average molecular weight is 468 g/mol. The van der Waals surface area contributed by atoms with Crippen LogP contribution >= 0.6 is 0 Å². The minimum absolute atomic E-state index is 0.0134. The molecule has 0 aliphatic heterocycles. The molecule has 0 spiro atoms. The van der Waals surface area contributed by atoms with E-state index in [2.05, 4.69) is 4.98 Å². The lowest BCUT2D eigenvalue weighted by molar-refractivity contribution is 0.534. The fourth-order valence-electron chi connectivity index (χ4n) is 5.07. The van der Waals surface area contributed by atoms with Gasteiger partial charge in [0.25, 0.3) is 0 Å². The quantitative estimate of drug-likeness (QED) is 0.260. The van der Waals surface area contributed by atoms with Crippen LogP contribution < -0.4 is 0 Å². The lowest BCUT2D eigenvalue weighted by atomic mass is 9.72. The number of nitrogens with zero attached hydrogens (tertiary/aromatic N) is 2. The number of benzene rings is 3. The first-order valence-electron chi connectivity index (χ1n) is 10.9. The van der Waals surface area contributed by atoms with Gasteiger partial charge in [-0.25, -0.2) is 17.6 Å². The molecule has 0 radical (unpaired) electrons. The van der Waals surface area contributed by atoms with E-state index in [9.17, 15) is 13.2 Å². The van der Waals surface area contributed by atoms with Gasteiger partial charge in [0, 0.05) is 17.7 Å². The molecule has 6 rings (SSSR count). The first-order chi connectivity index (χ1) is 17.0. The third-order valence-corrected chi connectivity index (χ3v) is 6.46. The summed E-state index contributed by atoms with van der Waals surface area (Å²) in [4.78, 5) is 8.99. The van der Waals surface area contributed by atoms with Gasteiger partial charge in [-0.05, 0) is 46.5 Å². The fourth-order valence-corrected chi connectivity index (χ4v) is 5.07. The summed E-state index contributed by atoms with van der Waals surface area (Å²) in [5, 5.41) is 0. The van der Waals surface area contributed by atoms with Crippen molar-refractivity contribution in [1.29, 1.82) is 0 Å². The second kappa shape index (κ2) is 7.87. The van der Waals surface area contributed by atoms with E-state index in [1.165, 1.54) is 6.07 Å². The van der Waals surface area contributed by atoms with Gasteiger partial charge < -0.3 is 0 Å². The summed E-state index contributed by atoms with van der Waals surface area (Å²) in [5.74, 6) is -3.08. The van der Waals surface area contributed by atoms with E-state index in [0.29, 0.717) is 5.69 Å². The Labute approximate surface area is 198 Å². The van der Waals surface area contributed by atoms with Crippen molar-refractivity contribution < 1.29 is 17.6 Å². The van der Waals surface area contributed by atoms with Crippen molar-refractivity contribution in [3.05, 3.63) is 143 Å². The summed E-state index contributed by atoms with van der Waals surface area (Å²) < 4.78 is 57.6. The van der Waals surface area contributed by atoms with Gasteiger partial charge in [-0.2, -0.15) is 0 Å². The van der Waals surface area contributed by atoms with Crippen LogP contribution in [-0.2, 0) is 5.41 Å². The molecule has 0 unspecified atom stereocenters. The van der Waals surface area contributed by atoms with Gasteiger partial charge in [-0.15, -0.1) is 0 Å². The molecule has 170 valence electrons. The fraction of sp³-hybridized carbons (Fsp3) is 0.0345. The standard InChI is InChI=1S/C29H16F4N2/c30-17-12-13-21(24(32)14-17)26-10-5-11-27(35-26)29(28-25(33)15-18(31)16-34-28)22-8-3-1-6-19(22)20-7-2-4-9-23(20)29/h1-16H. The lowest BCUT2D eigenvalue weighted by Gasteiger charge is -2.32. The molecule has 35 heavy (non-hydrogen) atoms. The Morgan fingerprint density at radius 2 is 1.23 bits per heavy atom. The highest BCUT2D eigenvalue weighted by Gasteiger charge is 2.49. The van der Waals surface area contributed by atoms with Crippen LogP contribution in [0.15, 0.2) is 97.2 Å². The maximum absolute atomic E-state index is 15.5. The summed E-state index contributed by atoms with van der Waals surface area (Å²) in [6, 6.07) is 24.1. The maximum Gasteiger partial charge on any atom is 0.149 e. The van der Waals surface area contributed by atoms with Crippen LogP contribution in [-0.4, -0.2) is 9.97 Å². The monoisotopic (exact) mass is 468 g/mol. The summed E-state index contributed by atoms with van der Waals surface area (Å²) in [7, 11) is 0. The van der Waals surface area contributed by atoms with Crippen LogP contribution in [0.5, 0.6) is 0 Å². The highest BCUT2D eigenvalue weighted by molar-refractivity contribution is 5.85. The van der Waals surface area contributed by atoms with Crippen molar-refractivity contribution in [1.82, 2.24) is 9.97 Å². The van der Waals surface area contributed by atoms with Gasteiger partial charge >= 0.3 is 0 Å². The van der Waals surface area contributed by atoms with Crippen molar-refractivity contribution >= 4 is 0 Å². The zero-order valence-corrected chi connectivity index (χ0v) is 18.1. The summed E-state index contributed by atoms with van der Waals surface area (Å²) in [6.45, 7) is 0. The molecule has 0 bridgehead atoms. The van der Waals surface area contributed by atoms with Crippen molar-refractivity contribution in [2.24, 2.45) is 0 Å². The molecule has 0 saturated carbocycles. The highest BCUT2D eigenvalue weighted by atomic mass is 19.1. The van der Waals surface area contributed by atoms with Crippen molar-refractivity contribution in [3.8, 4) is 22.4 Å². The molecule has 3 aromatic carbocycles. The van der Waals surface area contributed by atoms with E-state index in [4.69, 9.17) is 4.98 Å². The molecular formula is C29H16F4N2. The van der Waals surface area contributed by atoms with E-state index in [1.807, 2.05) is 48.5 Å². The zero-order chi connectivity index (χ0) is 24.2. The Balaban J connectivity index is 1.72. The number of aromatic nitrogens is 2. The number of pyridine rings is 2. The predicted octanol–water partition coefficient (Wildman–Crippen LogP) is 7.06. The molecule has 5 aromatic rings. The van der Waals surface area contributed by atoms with Crippen LogP contribution in [0.1, 0.15) is 22.5 Å². The molecule has 1 aliphatic carbocycles. The molecule has 0 N–H and O–H groups in total. The van der Waals surface area contributed by atoms with Crippen molar-refractivity contribution in [2.45, 2.75) is 5.41 Å². The van der Waals surface area contributed by atoms with Gasteiger partial charge in [0.2, 0.25) is 0 Å². The maximum atomic E-state index is 15.5. The molecule has 2 nitrogen and oxygen atoms in total. The Morgan fingerprint density at radius 3 is 1.89 bits per heavy atom. The first kappa shape index (κ1) is 21.2. The van der Waals surface area contributed by atoms with Gasteiger partial charge in [0.1, 0.15) is 28.7 Å². The zero-order valence-electron chi connectivity index (χ0n) is 18.1. The van der Waals surface area contributed by atoms with Crippen LogP contribution in [0.4, 0.5) is 17.6 Å². The van der Waals surface area contributed by atoms with Gasteiger partial charge in [0.05, 0.1) is 23.3 Å². The molecule has 0 amide bonds. The summed E-state index contributed by atoms with van der Waals surface area (Å²) in [6.07, 6.45) is 0.979. The molecule has 0 fully saturated rings. The van der Waals surface area contributed by atoms with E-state index in [1.54, 1.807) is 18.2 Å². The topological polar surface area (TPSA) is 25.8 Å². The molecule has 0 saturated heterocycles. The van der Waals surface area contributed by atoms with E-state index < -0.39 is 28.7 Å². The van der Waals surface area contributed by atoms with Crippen LogP contribution in [0.2, 0.25) is 0 Å². The molecular weight excluding hydrogens is 452 g/mol. The van der Waals surface area contributed by atoms with Crippen LogP contribution in [0.3, 0.4) is 0 Å². The van der Waals surface area contributed by atoms with Gasteiger partial charge in [-0.3, -0.25) is 9.97 Å². The number of rotatable bonds is 3. The average Bonchev–Trinajstić information content (AvgIpc) is 3.16. The molecule has 2 aromatic heterocycles. The minimum atomic E-state index is -1.32. The number of fused-ring (bicyclic) bond motifs is 3. The Bertz CT molecular complexity index is 1570. The third kappa shape index (κ3) is 3.10. The van der Waals surface area contributed by atoms with E-state index in [0.717, 1.165) is 46.6 Å². The predicted molar refractivity (Wildman–Crippen MR) is 125 cm³/mol. The van der Waals surface area contributed by atoms with E-state index >= 15 is 4.39 Å². The SMILES string of the molecule is Fc1ccc(-c2cccc(C3(c4ncc(F)cc4F)c4ccccc4-c4ccccc43)n2)c(F)c1. The molecule has 0 atom stereocenters. The third-order valence-electron chi connectivity index (χ3n) is 6.46. The Morgan fingerprint density at radius 1 is 0.571 bits per heavy atom. The largest absolute Gasteiger partial charge is 0.253 e. The van der Waals surface area contributed by atoms with E-state index in [-0.39, 0.29) is 17.0 Å². The summed E-state index contributed by atoms with van der Waals surface area (Å²) in [5.41, 5.74) is 2.60. The van der Waals surface area contributed by atoms with Crippen LogP contribution in [0, 0.1) is 23.3 Å². The second-order valence-electron chi connectivity index (χ2n) is 8.36. The number of hydrogen-bond acceptors (Lipinski definition) is 2. The Kier molecular flexibility index (Phi) is 4.78. The van der Waals surface area contributed by atoms with Crippen molar-refractivity contribution in [2.75, 3.05) is 0 Å². The Hall–Kier alpha value is -4.32. The van der Waals surface area contributed by atoms with Crippen molar-refractivity contribution in [3.63, 3.8) is 0 Å². The number of halogens is 4. The number of hydrogen-bond donors (Lipinski definition) is 0. The smallest absolute Gasteiger partial charge is 0.149 e. The molecule has 1 aliphatic rings. The minimum Gasteiger partial charge on any atom is -0.253 e. The normalized spacial score (nSPS) is 13.4. The highest BCUT2D eigenvalue weighted by Crippen LogP contribution is 2.55. The second-order valence-corrected chi connectivity index (χ2v) is 8.36. The molecule has 2 heterocycles. The first-order valence-corrected chi connectivity index (χ1v) is 10.9. The van der Waals surface area contributed by atoms with Gasteiger partial charge in [0.15, 0.2) is 0 Å². The lowest BCUT2D eigenvalue weighted by Crippen LogP contribution is -2.32. The molecule has 6 heteroatoms. The van der Waals surface area contributed by atoms with Gasteiger partial charge in [-0.1, -0.05) is 54.6 Å². The van der Waals surface area contributed by atoms with Crippen LogP contribution in [0.25, 0.3) is 22.4 Å².